The molecule has 0 aromatic heterocycles. The Labute approximate surface area is 178 Å². The molecule has 2 heterocycles. The van der Waals surface area contributed by atoms with Gasteiger partial charge in [0.15, 0.2) is 5.78 Å². The number of likely N-dealkylation sites (tertiary alicyclic amines) is 1. The van der Waals surface area contributed by atoms with Crippen LogP contribution in [0.4, 0.5) is 0 Å². The van der Waals surface area contributed by atoms with Crippen LogP contribution in [0, 0.1) is 0 Å². The molecule has 0 unspecified atom stereocenters. The summed E-state index contributed by atoms with van der Waals surface area (Å²) >= 11 is 0. The van der Waals surface area contributed by atoms with Gasteiger partial charge in [-0.1, -0.05) is 13.0 Å². The van der Waals surface area contributed by atoms with E-state index in [1.165, 1.54) is 17.5 Å². The third kappa shape index (κ3) is 4.84. The van der Waals surface area contributed by atoms with Gasteiger partial charge in [0, 0.05) is 26.1 Å². The van der Waals surface area contributed by atoms with Crippen LogP contribution in [0.25, 0.3) is 0 Å². The molecule has 1 atom stereocenters. The van der Waals surface area contributed by atoms with Crippen LogP contribution in [0.2, 0.25) is 0 Å². The van der Waals surface area contributed by atoms with Crippen molar-refractivity contribution in [2.45, 2.75) is 50.0 Å². The minimum Gasteiger partial charge on any atom is -0.495 e. The molecule has 3 rings (SSSR count). The van der Waals surface area contributed by atoms with Crippen molar-refractivity contribution in [3.8, 4) is 5.75 Å². The van der Waals surface area contributed by atoms with Crippen LogP contribution in [-0.4, -0.2) is 75.3 Å². The van der Waals surface area contributed by atoms with Crippen molar-refractivity contribution in [2.24, 2.45) is 0 Å². The zero-order valence-electron chi connectivity index (χ0n) is 17.6. The van der Waals surface area contributed by atoms with Gasteiger partial charge in [-0.3, -0.25) is 9.59 Å². The number of amides is 1. The van der Waals surface area contributed by atoms with Gasteiger partial charge in [-0.2, -0.15) is 4.31 Å². The van der Waals surface area contributed by atoms with Crippen LogP contribution in [0.1, 0.15) is 38.2 Å². The van der Waals surface area contributed by atoms with E-state index in [1.54, 1.807) is 17.0 Å². The fourth-order valence-electron chi connectivity index (χ4n) is 4.04. The maximum Gasteiger partial charge on any atom is 0.246 e. The summed E-state index contributed by atoms with van der Waals surface area (Å²) < 4.78 is 38.2. The first-order valence-electron chi connectivity index (χ1n) is 10.5. The summed E-state index contributed by atoms with van der Waals surface area (Å²) in [4.78, 5) is 27.0. The van der Waals surface area contributed by atoms with Crippen molar-refractivity contribution in [2.75, 3.05) is 40.0 Å². The van der Waals surface area contributed by atoms with E-state index in [0.29, 0.717) is 38.2 Å². The predicted molar refractivity (Wildman–Crippen MR) is 111 cm³/mol. The molecular formula is C21H30N2O6S. The molecule has 8 nitrogen and oxygen atoms in total. The molecule has 30 heavy (non-hydrogen) atoms. The normalized spacial score (nSPS) is 20.7. The first-order valence-corrected chi connectivity index (χ1v) is 11.9. The Hall–Kier alpha value is -1.97. The van der Waals surface area contributed by atoms with Gasteiger partial charge in [-0.25, -0.2) is 8.42 Å². The van der Waals surface area contributed by atoms with Gasteiger partial charge >= 0.3 is 0 Å². The second-order valence-electron chi connectivity index (χ2n) is 7.60. The van der Waals surface area contributed by atoms with Crippen LogP contribution in [0.5, 0.6) is 5.75 Å². The Kier molecular flexibility index (Phi) is 7.49. The lowest BCUT2D eigenvalue weighted by Crippen LogP contribution is -2.48. The lowest BCUT2D eigenvalue weighted by atomic mass is 9.96. The number of ketones is 1. The van der Waals surface area contributed by atoms with E-state index in [0.717, 1.165) is 12.8 Å². The molecule has 1 aromatic rings. The smallest absolute Gasteiger partial charge is 0.246 e. The van der Waals surface area contributed by atoms with Crippen molar-refractivity contribution in [1.82, 2.24) is 9.21 Å². The number of benzene rings is 1. The summed E-state index contributed by atoms with van der Waals surface area (Å²) in [5.41, 5.74) is 0.584. The fourth-order valence-corrected chi connectivity index (χ4v) is 5.65. The fraction of sp³-hybridized carbons (Fsp3) is 0.619. The van der Waals surface area contributed by atoms with E-state index in [2.05, 4.69) is 0 Å². The molecule has 2 saturated heterocycles. The molecule has 9 heteroatoms. The molecule has 1 amide bonds. The molecule has 2 aliphatic rings. The second-order valence-corrected chi connectivity index (χ2v) is 9.50. The molecule has 2 fully saturated rings. The van der Waals surface area contributed by atoms with E-state index in [1.807, 2.05) is 6.92 Å². The predicted octanol–water partition coefficient (Wildman–Crippen LogP) is 1.62. The number of hydrogen-bond acceptors (Lipinski definition) is 6. The maximum absolute atomic E-state index is 13.1. The quantitative estimate of drug-likeness (QED) is 0.642. The van der Waals surface area contributed by atoms with Gasteiger partial charge < -0.3 is 14.4 Å². The average Bonchev–Trinajstić information content (AvgIpc) is 2.79. The third-order valence-corrected chi connectivity index (χ3v) is 7.63. The summed E-state index contributed by atoms with van der Waals surface area (Å²) in [5.74, 6) is 0.171. The Balaban J connectivity index is 1.84. The molecule has 0 spiro atoms. The minimum atomic E-state index is -3.77. The van der Waals surface area contributed by atoms with Gasteiger partial charge in [0.05, 0.1) is 32.8 Å². The molecule has 0 N–H and O–H groups in total. The van der Waals surface area contributed by atoms with Gasteiger partial charge in [-0.15, -0.1) is 0 Å². The van der Waals surface area contributed by atoms with E-state index in [-0.39, 0.29) is 47.9 Å². The molecule has 0 bridgehead atoms. The van der Waals surface area contributed by atoms with E-state index >= 15 is 0 Å². The SMILES string of the molecule is CCC(=O)[C@H]1CCCCN1C(=O)Cc1ccc(OC)c(S(=O)(=O)N2CCOCC2)c1. The molecule has 166 valence electrons. The number of rotatable bonds is 7. The minimum absolute atomic E-state index is 0.0448. The second kappa shape index (κ2) is 9.89. The van der Waals surface area contributed by atoms with Crippen LogP contribution in [0.3, 0.4) is 0 Å². The van der Waals surface area contributed by atoms with Gasteiger partial charge in [0.1, 0.15) is 10.6 Å². The average molecular weight is 439 g/mol. The lowest BCUT2D eigenvalue weighted by Gasteiger charge is -2.34. The van der Waals surface area contributed by atoms with Crippen LogP contribution < -0.4 is 4.74 Å². The third-order valence-electron chi connectivity index (χ3n) is 5.71. The Morgan fingerprint density at radius 1 is 1.17 bits per heavy atom. The molecule has 0 radical (unpaired) electrons. The van der Waals surface area contributed by atoms with Crippen LogP contribution in [-0.2, 0) is 30.8 Å². The summed E-state index contributed by atoms with van der Waals surface area (Å²) in [7, 11) is -2.34. The monoisotopic (exact) mass is 438 g/mol. The highest BCUT2D eigenvalue weighted by Crippen LogP contribution is 2.29. The number of sulfonamides is 1. The van der Waals surface area contributed by atoms with Gasteiger partial charge in [0.2, 0.25) is 15.9 Å². The Morgan fingerprint density at radius 3 is 2.57 bits per heavy atom. The number of carbonyl (C=O) groups excluding carboxylic acids is 2. The molecule has 1 aromatic carbocycles. The summed E-state index contributed by atoms with van der Waals surface area (Å²) in [6, 6.07) is 4.43. The van der Waals surface area contributed by atoms with Crippen molar-refractivity contribution >= 4 is 21.7 Å². The molecule has 2 aliphatic heterocycles. The summed E-state index contributed by atoms with van der Waals surface area (Å²) in [5, 5.41) is 0. The topological polar surface area (TPSA) is 93.2 Å². The van der Waals surface area contributed by atoms with Crippen LogP contribution >= 0.6 is 0 Å². The maximum atomic E-state index is 13.1. The summed E-state index contributed by atoms with van der Waals surface area (Å²) in [6.07, 6.45) is 2.95. The number of piperidine rings is 1. The Bertz CT molecular complexity index is 879. The van der Waals surface area contributed by atoms with Gasteiger partial charge in [0.25, 0.3) is 0 Å². The highest BCUT2D eigenvalue weighted by atomic mass is 32.2. The van der Waals surface area contributed by atoms with E-state index < -0.39 is 10.0 Å². The largest absolute Gasteiger partial charge is 0.495 e. The highest BCUT2D eigenvalue weighted by molar-refractivity contribution is 7.89. The molecular weight excluding hydrogens is 408 g/mol. The number of nitrogens with zero attached hydrogens (tertiary/aromatic N) is 2. The number of Topliss-reactive ketones (excluding diaryl/α,β-unsaturated/α-hetero) is 1. The number of carbonyl (C=O) groups is 2. The Morgan fingerprint density at radius 2 is 1.90 bits per heavy atom. The zero-order valence-corrected chi connectivity index (χ0v) is 18.4. The van der Waals surface area contributed by atoms with Crippen molar-refractivity contribution in [1.29, 1.82) is 0 Å². The summed E-state index contributed by atoms with van der Waals surface area (Å²) in [6.45, 7) is 3.63. The first kappa shape index (κ1) is 22.7. The number of ether oxygens (including phenoxy) is 2. The number of morpholine rings is 1. The molecule has 0 aliphatic carbocycles. The number of methoxy groups -OCH3 is 1. The zero-order chi connectivity index (χ0) is 21.7. The molecule has 0 saturated carbocycles. The van der Waals surface area contributed by atoms with E-state index in [4.69, 9.17) is 9.47 Å². The number of hydrogen-bond donors (Lipinski definition) is 0. The van der Waals surface area contributed by atoms with Crippen molar-refractivity contribution < 1.29 is 27.5 Å². The van der Waals surface area contributed by atoms with E-state index in [9.17, 15) is 18.0 Å². The van der Waals surface area contributed by atoms with Crippen molar-refractivity contribution in [3.05, 3.63) is 23.8 Å². The van der Waals surface area contributed by atoms with Crippen molar-refractivity contribution in [3.63, 3.8) is 0 Å². The first-order chi connectivity index (χ1) is 14.4. The standard InChI is InChI=1S/C21H30N2O6S/c1-3-18(24)17-6-4-5-9-23(17)21(25)15-16-7-8-19(28-2)20(14-16)30(26,27)22-10-12-29-13-11-22/h7-8,14,17H,3-6,9-13,15H2,1-2H3/t17-/m1/s1. The highest BCUT2D eigenvalue weighted by Gasteiger charge is 2.32. The lowest BCUT2D eigenvalue weighted by molar-refractivity contribution is -0.140. The van der Waals surface area contributed by atoms with Crippen LogP contribution in [0.15, 0.2) is 23.1 Å². The van der Waals surface area contributed by atoms with Gasteiger partial charge in [-0.05, 0) is 37.0 Å².